The molecular formula is C23H23NO3. The highest BCUT2D eigenvalue weighted by Crippen LogP contribution is 2.49. The number of benzene rings is 2. The number of nitriles is 1. The van der Waals surface area contributed by atoms with Crippen LogP contribution in [0.5, 0.6) is 0 Å². The molecule has 1 aliphatic carbocycles. The Morgan fingerprint density at radius 1 is 1.00 bits per heavy atom. The highest BCUT2D eigenvalue weighted by atomic mass is 16.6. The van der Waals surface area contributed by atoms with Crippen LogP contribution in [-0.4, -0.2) is 17.4 Å². The van der Waals surface area contributed by atoms with E-state index in [0.29, 0.717) is 30.4 Å². The first kappa shape index (κ1) is 18.8. The molecule has 138 valence electrons. The van der Waals surface area contributed by atoms with Crippen LogP contribution in [0.3, 0.4) is 0 Å². The molecule has 0 aliphatic heterocycles. The van der Waals surface area contributed by atoms with Crippen LogP contribution in [0.25, 0.3) is 0 Å². The molecule has 0 unspecified atom stereocenters. The van der Waals surface area contributed by atoms with Gasteiger partial charge in [0.2, 0.25) is 0 Å². The number of Topliss-reactive ketones (excluding diaryl/α,β-unsaturated/α-hetero) is 1. The molecule has 0 bridgehead atoms. The summed E-state index contributed by atoms with van der Waals surface area (Å²) in [4.78, 5) is 25.9. The van der Waals surface area contributed by atoms with Crippen LogP contribution in [0.1, 0.15) is 53.8 Å². The molecule has 4 nitrogen and oxygen atoms in total. The second-order valence-electron chi connectivity index (χ2n) is 7.42. The molecule has 2 aromatic rings. The second-order valence-corrected chi connectivity index (χ2v) is 7.42. The van der Waals surface area contributed by atoms with Crippen molar-refractivity contribution in [2.45, 2.75) is 38.7 Å². The molecule has 1 fully saturated rings. The lowest BCUT2D eigenvalue weighted by Gasteiger charge is -2.47. The summed E-state index contributed by atoms with van der Waals surface area (Å²) in [5.41, 5.74) is -1.10. The summed E-state index contributed by atoms with van der Waals surface area (Å²) in [6, 6.07) is 20.0. The smallest absolute Gasteiger partial charge is 0.338 e. The Hall–Kier alpha value is -2.93. The van der Waals surface area contributed by atoms with Gasteiger partial charge >= 0.3 is 5.97 Å². The molecule has 3 rings (SSSR count). The number of carbonyl (C=O) groups is 2. The number of rotatable bonds is 4. The predicted molar refractivity (Wildman–Crippen MR) is 102 cm³/mol. The fourth-order valence-electron chi connectivity index (χ4n) is 4.02. The number of carbonyl (C=O) groups excluding carboxylic acids is 2. The molecule has 0 aromatic heterocycles. The maximum atomic E-state index is 13.2. The summed E-state index contributed by atoms with van der Waals surface area (Å²) < 4.78 is 5.88. The van der Waals surface area contributed by atoms with Gasteiger partial charge in [-0.3, -0.25) is 4.79 Å². The number of ketones is 1. The van der Waals surface area contributed by atoms with Gasteiger partial charge in [-0.05, 0) is 38.3 Å². The van der Waals surface area contributed by atoms with Gasteiger partial charge in [-0.2, -0.15) is 5.26 Å². The molecule has 0 radical (unpaired) electrons. The lowest BCUT2D eigenvalue weighted by Crippen LogP contribution is -2.53. The third-order valence-corrected chi connectivity index (χ3v) is 5.88. The summed E-state index contributed by atoms with van der Waals surface area (Å²) in [5.74, 6) is -1.05. The molecule has 0 saturated heterocycles. The van der Waals surface area contributed by atoms with Crippen molar-refractivity contribution < 1.29 is 14.3 Å². The van der Waals surface area contributed by atoms with Gasteiger partial charge in [0.25, 0.3) is 0 Å². The maximum absolute atomic E-state index is 13.2. The molecule has 27 heavy (non-hydrogen) atoms. The van der Waals surface area contributed by atoms with Crippen molar-refractivity contribution in [3.8, 4) is 6.07 Å². The Morgan fingerprint density at radius 2 is 1.56 bits per heavy atom. The Kier molecular flexibility index (Phi) is 5.14. The highest BCUT2D eigenvalue weighted by molar-refractivity contribution is 6.02. The van der Waals surface area contributed by atoms with Gasteiger partial charge in [-0.1, -0.05) is 55.5 Å². The second kappa shape index (κ2) is 7.36. The Balaban J connectivity index is 1.91. The average molecular weight is 361 g/mol. The normalized spacial score (nSPS) is 27.4. The molecule has 1 aliphatic rings. The first-order chi connectivity index (χ1) is 12.9. The van der Waals surface area contributed by atoms with E-state index in [0.717, 1.165) is 0 Å². The molecule has 0 amide bonds. The van der Waals surface area contributed by atoms with E-state index >= 15 is 0 Å². The van der Waals surface area contributed by atoms with Gasteiger partial charge in [0.15, 0.2) is 5.78 Å². The minimum Gasteiger partial charge on any atom is -0.455 e. The van der Waals surface area contributed by atoms with Gasteiger partial charge in [0.05, 0.1) is 11.6 Å². The summed E-state index contributed by atoms with van der Waals surface area (Å²) in [7, 11) is 0. The SMILES string of the molecule is C[C@H]1[C@@](C)(OC(=O)c2ccccc2)CCC[C@]1(C#N)C(=O)c1ccccc1. The molecule has 1 saturated carbocycles. The Bertz CT molecular complexity index is 872. The Labute approximate surface area is 159 Å². The van der Waals surface area contributed by atoms with Crippen LogP contribution in [0.4, 0.5) is 0 Å². The van der Waals surface area contributed by atoms with Gasteiger partial charge < -0.3 is 4.74 Å². The van der Waals surface area contributed by atoms with Crippen LogP contribution in [0, 0.1) is 22.7 Å². The summed E-state index contributed by atoms with van der Waals surface area (Å²) in [6.07, 6.45) is 1.74. The fraction of sp³-hybridized carbons (Fsp3) is 0.348. The van der Waals surface area contributed by atoms with Crippen LogP contribution < -0.4 is 0 Å². The van der Waals surface area contributed by atoms with Gasteiger partial charge in [-0.25, -0.2) is 4.79 Å². The quantitative estimate of drug-likeness (QED) is 0.579. The standard InChI is InChI=1S/C23H23NO3/c1-17-22(2,27-21(26)19-12-7-4-8-13-19)14-9-15-23(17,16-24)20(25)18-10-5-3-6-11-18/h3-8,10-13,17H,9,14-15H2,1-2H3/t17-,22-,23+/m0/s1. The molecule has 0 N–H and O–H groups in total. The van der Waals surface area contributed by atoms with Crippen molar-refractivity contribution in [1.29, 1.82) is 5.26 Å². The largest absolute Gasteiger partial charge is 0.455 e. The van der Waals surface area contributed by atoms with Crippen molar-refractivity contribution in [1.82, 2.24) is 0 Å². The monoisotopic (exact) mass is 361 g/mol. The number of hydrogen-bond donors (Lipinski definition) is 0. The van der Waals surface area contributed by atoms with Crippen LogP contribution in [-0.2, 0) is 4.74 Å². The zero-order chi connectivity index (χ0) is 19.5. The summed E-state index contributed by atoms with van der Waals surface area (Å²) in [5, 5.41) is 10.0. The van der Waals surface area contributed by atoms with E-state index in [-0.39, 0.29) is 5.78 Å². The number of ether oxygens (including phenoxy) is 1. The van der Waals surface area contributed by atoms with Gasteiger partial charge in [0, 0.05) is 11.5 Å². The third kappa shape index (κ3) is 3.38. The van der Waals surface area contributed by atoms with E-state index in [2.05, 4.69) is 6.07 Å². The zero-order valence-electron chi connectivity index (χ0n) is 15.6. The lowest BCUT2D eigenvalue weighted by atomic mass is 9.58. The average Bonchev–Trinajstić information content (AvgIpc) is 2.71. The first-order valence-corrected chi connectivity index (χ1v) is 9.22. The lowest BCUT2D eigenvalue weighted by molar-refractivity contribution is -0.0810. The fourth-order valence-corrected chi connectivity index (χ4v) is 4.02. The van der Waals surface area contributed by atoms with E-state index in [1.165, 1.54) is 0 Å². The van der Waals surface area contributed by atoms with E-state index < -0.39 is 22.9 Å². The highest BCUT2D eigenvalue weighted by Gasteiger charge is 2.56. The maximum Gasteiger partial charge on any atom is 0.338 e. The van der Waals surface area contributed by atoms with Gasteiger partial charge in [0.1, 0.15) is 11.0 Å². The van der Waals surface area contributed by atoms with Crippen molar-refractivity contribution >= 4 is 11.8 Å². The van der Waals surface area contributed by atoms with Crippen molar-refractivity contribution in [2.75, 3.05) is 0 Å². The van der Waals surface area contributed by atoms with Gasteiger partial charge in [-0.15, -0.1) is 0 Å². The van der Waals surface area contributed by atoms with E-state index in [9.17, 15) is 14.9 Å². The first-order valence-electron chi connectivity index (χ1n) is 9.22. The topological polar surface area (TPSA) is 67.2 Å². The van der Waals surface area contributed by atoms with E-state index in [1.807, 2.05) is 26.0 Å². The number of hydrogen-bond acceptors (Lipinski definition) is 4. The van der Waals surface area contributed by atoms with Crippen LogP contribution in [0.15, 0.2) is 60.7 Å². The third-order valence-electron chi connectivity index (χ3n) is 5.88. The molecule has 4 heteroatoms. The molecule has 3 atom stereocenters. The molecule has 2 aromatic carbocycles. The van der Waals surface area contributed by atoms with E-state index in [1.54, 1.807) is 48.5 Å². The predicted octanol–water partition coefficient (Wildman–Crippen LogP) is 4.81. The van der Waals surface area contributed by atoms with Crippen molar-refractivity contribution in [2.24, 2.45) is 11.3 Å². The number of esters is 1. The molecule has 0 heterocycles. The van der Waals surface area contributed by atoms with Crippen LogP contribution >= 0.6 is 0 Å². The minimum atomic E-state index is -1.20. The minimum absolute atomic E-state index is 0.195. The summed E-state index contributed by atoms with van der Waals surface area (Å²) >= 11 is 0. The van der Waals surface area contributed by atoms with Crippen molar-refractivity contribution in [3.05, 3.63) is 71.8 Å². The van der Waals surface area contributed by atoms with E-state index in [4.69, 9.17) is 4.74 Å². The van der Waals surface area contributed by atoms with Crippen LogP contribution in [0.2, 0.25) is 0 Å². The molecular weight excluding hydrogens is 338 g/mol. The Morgan fingerprint density at radius 3 is 2.11 bits per heavy atom. The summed E-state index contributed by atoms with van der Waals surface area (Å²) in [6.45, 7) is 3.68. The zero-order valence-corrected chi connectivity index (χ0v) is 15.6. The number of nitrogens with zero attached hydrogens (tertiary/aromatic N) is 1. The van der Waals surface area contributed by atoms with Crippen molar-refractivity contribution in [3.63, 3.8) is 0 Å². The molecule has 0 spiro atoms.